The number of anilines is 1. The van der Waals surface area contributed by atoms with E-state index in [2.05, 4.69) is 10.2 Å². The van der Waals surface area contributed by atoms with E-state index in [1.54, 1.807) is 23.7 Å². The molecule has 2 heterocycles. The first-order chi connectivity index (χ1) is 15.6. The Balaban J connectivity index is 1.47. The number of rotatable bonds is 5. The Hall–Kier alpha value is -2.63. The van der Waals surface area contributed by atoms with Crippen molar-refractivity contribution in [1.82, 2.24) is 10.8 Å². The van der Waals surface area contributed by atoms with Gasteiger partial charge in [0.2, 0.25) is 0 Å². The van der Waals surface area contributed by atoms with Crippen LogP contribution in [0.4, 0.5) is 5.69 Å². The van der Waals surface area contributed by atoms with Crippen molar-refractivity contribution in [2.24, 2.45) is 5.92 Å². The molecule has 10 heteroatoms. The molecular weight excluding hydrogens is 446 g/mol. The van der Waals surface area contributed by atoms with Gasteiger partial charge in [-0.2, -0.15) is 10.6 Å². The van der Waals surface area contributed by atoms with Crippen molar-refractivity contribution in [3.8, 4) is 0 Å². The minimum absolute atomic E-state index is 0.134. The van der Waals surface area contributed by atoms with Gasteiger partial charge in [-0.3, -0.25) is 23.9 Å². The number of nitrogens with zero attached hydrogens (tertiary/aromatic N) is 1. The third-order valence-electron chi connectivity index (χ3n) is 6.29. The molecule has 33 heavy (non-hydrogen) atoms. The van der Waals surface area contributed by atoms with Crippen LogP contribution in [0.25, 0.3) is 0 Å². The summed E-state index contributed by atoms with van der Waals surface area (Å²) in [5, 5.41) is 11.6. The van der Waals surface area contributed by atoms with Crippen LogP contribution in [0.2, 0.25) is 0 Å². The SMILES string of the molecule is CC1(C)CN(Cc2ccc(C(=O)N[C@@H]3COC[C@@H]3C(=O)NO)cc2)c2ccccc2S1(O)O. The lowest BCUT2D eigenvalue weighted by atomic mass is 10.0. The Morgan fingerprint density at radius 3 is 2.52 bits per heavy atom. The van der Waals surface area contributed by atoms with Crippen LogP contribution in [-0.2, 0) is 16.1 Å². The number of benzene rings is 2. The number of hydrogen-bond donors (Lipinski definition) is 5. The number of nitrogens with one attached hydrogen (secondary N) is 2. The Morgan fingerprint density at radius 1 is 1.12 bits per heavy atom. The molecule has 0 unspecified atom stereocenters. The Labute approximate surface area is 194 Å². The zero-order valence-electron chi connectivity index (χ0n) is 18.5. The third-order valence-corrected chi connectivity index (χ3v) is 8.92. The fourth-order valence-electron chi connectivity index (χ4n) is 4.30. The largest absolute Gasteiger partial charge is 0.378 e. The summed E-state index contributed by atoms with van der Waals surface area (Å²) in [5.41, 5.74) is 3.82. The van der Waals surface area contributed by atoms with Crippen molar-refractivity contribution in [3.63, 3.8) is 0 Å². The molecule has 5 N–H and O–H groups in total. The van der Waals surface area contributed by atoms with Gasteiger partial charge < -0.3 is 15.0 Å². The predicted molar refractivity (Wildman–Crippen MR) is 125 cm³/mol. The maximum absolute atomic E-state index is 12.7. The second-order valence-corrected chi connectivity index (χ2v) is 11.7. The lowest BCUT2D eigenvalue weighted by Crippen LogP contribution is -2.46. The van der Waals surface area contributed by atoms with Crippen molar-refractivity contribution in [2.45, 2.75) is 36.1 Å². The molecule has 2 aliphatic rings. The molecule has 2 atom stereocenters. The van der Waals surface area contributed by atoms with Gasteiger partial charge in [0.05, 0.1) is 40.5 Å². The number of ether oxygens (including phenoxy) is 1. The van der Waals surface area contributed by atoms with Gasteiger partial charge in [0.25, 0.3) is 11.8 Å². The first kappa shape index (κ1) is 23.5. The summed E-state index contributed by atoms with van der Waals surface area (Å²) in [6.45, 7) is 5.07. The van der Waals surface area contributed by atoms with Gasteiger partial charge in [0.15, 0.2) is 0 Å². The molecule has 1 fully saturated rings. The summed E-state index contributed by atoms with van der Waals surface area (Å²) in [7, 11) is -2.94. The van der Waals surface area contributed by atoms with E-state index in [0.29, 0.717) is 23.5 Å². The van der Waals surface area contributed by atoms with Crippen molar-refractivity contribution in [1.29, 1.82) is 0 Å². The Bertz CT molecular complexity index is 1040. The Kier molecular flexibility index (Phi) is 6.39. The highest BCUT2D eigenvalue weighted by atomic mass is 32.3. The minimum atomic E-state index is -2.94. The average Bonchev–Trinajstić information content (AvgIpc) is 3.25. The highest BCUT2D eigenvalue weighted by Crippen LogP contribution is 2.64. The minimum Gasteiger partial charge on any atom is -0.378 e. The molecule has 2 amide bonds. The highest BCUT2D eigenvalue weighted by Gasteiger charge is 2.43. The van der Waals surface area contributed by atoms with Crippen LogP contribution in [-0.4, -0.2) is 56.7 Å². The van der Waals surface area contributed by atoms with Crippen LogP contribution in [0.3, 0.4) is 0 Å². The molecule has 178 valence electrons. The summed E-state index contributed by atoms with van der Waals surface area (Å²) in [5.74, 6) is -1.56. The normalized spacial score (nSPS) is 24.0. The van der Waals surface area contributed by atoms with Crippen LogP contribution in [0, 0.1) is 5.92 Å². The maximum Gasteiger partial charge on any atom is 0.251 e. The zero-order chi connectivity index (χ0) is 23.8. The zero-order valence-corrected chi connectivity index (χ0v) is 19.3. The third kappa shape index (κ3) is 4.44. The lowest BCUT2D eigenvalue weighted by molar-refractivity contribution is -0.133. The molecular formula is C23H29N3O6S. The number of carbonyl (C=O) groups excluding carboxylic acids is 2. The predicted octanol–water partition coefficient (Wildman–Crippen LogP) is 2.85. The molecule has 4 rings (SSSR count). The monoisotopic (exact) mass is 475 g/mol. The molecule has 0 aromatic heterocycles. The van der Waals surface area contributed by atoms with Crippen molar-refractivity contribution in [3.05, 3.63) is 59.7 Å². The smallest absolute Gasteiger partial charge is 0.251 e. The summed E-state index contributed by atoms with van der Waals surface area (Å²) in [6.07, 6.45) is 0. The van der Waals surface area contributed by atoms with Crippen LogP contribution < -0.4 is 15.7 Å². The molecule has 9 nitrogen and oxygen atoms in total. The number of para-hydroxylation sites is 1. The van der Waals surface area contributed by atoms with Gasteiger partial charge in [-0.15, -0.1) is 0 Å². The molecule has 1 saturated heterocycles. The van der Waals surface area contributed by atoms with Crippen molar-refractivity contribution >= 4 is 28.1 Å². The van der Waals surface area contributed by atoms with Crippen LogP contribution in [0.1, 0.15) is 29.8 Å². The topological polar surface area (TPSA) is 131 Å². The van der Waals surface area contributed by atoms with Gasteiger partial charge in [0, 0.05) is 18.7 Å². The first-order valence-electron chi connectivity index (χ1n) is 10.7. The van der Waals surface area contributed by atoms with E-state index < -0.39 is 33.2 Å². The first-order valence-corrected chi connectivity index (χ1v) is 12.2. The molecule has 2 aromatic rings. The number of hydrogen-bond acceptors (Lipinski definition) is 7. The van der Waals surface area contributed by atoms with Gasteiger partial charge in [0.1, 0.15) is 0 Å². The van der Waals surface area contributed by atoms with E-state index >= 15 is 0 Å². The van der Waals surface area contributed by atoms with Crippen LogP contribution in [0.15, 0.2) is 53.4 Å². The maximum atomic E-state index is 12.7. The average molecular weight is 476 g/mol. The van der Waals surface area contributed by atoms with E-state index in [0.717, 1.165) is 11.3 Å². The molecule has 0 aliphatic carbocycles. The molecule has 0 spiro atoms. The van der Waals surface area contributed by atoms with Gasteiger partial charge in [-0.25, -0.2) is 5.48 Å². The second-order valence-electron chi connectivity index (χ2n) is 9.03. The summed E-state index contributed by atoms with van der Waals surface area (Å²) < 4.78 is 26.2. The van der Waals surface area contributed by atoms with E-state index in [-0.39, 0.29) is 19.1 Å². The summed E-state index contributed by atoms with van der Waals surface area (Å²) in [6, 6.07) is 14.0. The van der Waals surface area contributed by atoms with Crippen LogP contribution in [0.5, 0.6) is 0 Å². The Morgan fingerprint density at radius 2 is 1.82 bits per heavy atom. The standard InChI is InChI=1S/C23H29N3O6S/c1-23(2)14-26(19-5-3-4-6-20(19)33(23,30)31)11-15-7-9-16(10-8-15)21(27)24-18-13-32-12-17(18)22(28)25-29/h3-10,17-18,29-31H,11-14H2,1-2H3,(H,24,27)(H,25,28)/t17-,18+/m0/s1. The summed E-state index contributed by atoms with van der Waals surface area (Å²) in [4.78, 5) is 27.1. The van der Waals surface area contributed by atoms with E-state index in [1.807, 2.05) is 44.2 Å². The fourth-order valence-corrected chi connectivity index (χ4v) is 5.99. The van der Waals surface area contributed by atoms with E-state index in [4.69, 9.17) is 9.94 Å². The van der Waals surface area contributed by atoms with Crippen LogP contribution >= 0.6 is 10.6 Å². The van der Waals surface area contributed by atoms with Gasteiger partial charge in [-0.1, -0.05) is 24.3 Å². The van der Waals surface area contributed by atoms with Gasteiger partial charge in [-0.05, 0) is 43.7 Å². The number of carbonyl (C=O) groups is 2. The highest BCUT2D eigenvalue weighted by molar-refractivity contribution is 8.25. The molecule has 0 radical (unpaired) electrons. The van der Waals surface area contributed by atoms with Gasteiger partial charge >= 0.3 is 0 Å². The van der Waals surface area contributed by atoms with E-state index in [9.17, 15) is 18.7 Å². The van der Waals surface area contributed by atoms with Crippen molar-refractivity contribution < 1.29 is 28.6 Å². The molecule has 2 aliphatic heterocycles. The lowest BCUT2D eigenvalue weighted by Gasteiger charge is -2.54. The summed E-state index contributed by atoms with van der Waals surface area (Å²) >= 11 is 0. The quantitative estimate of drug-likeness (QED) is 0.332. The number of fused-ring (bicyclic) bond motifs is 1. The fraction of sp³-hybridized carbons (Fsp3) is 0.391. The van der Waals surface area contributed by atoms with E-state index in [1.165, 1.54) is 0 Å². The molecule has 2 aromatic carbocycles. The second kappa shape index (κ2) is 8.96. The number of hydroxylamine groups is 1. The van der Waals surface area contributed by atoms with Crippen molar-refractivity contribution in [2.75, 3.05) is 24.7 Å². The molecule has 0 bridgehead atoms. The molecule has 0 saturated carbocycles. The number of amides is 2.